The molecule has 0 unspecified atom stereocenters. The van der Waals surface area contributed by atoms with Crippen molar-refractivity contribution in [2.75, 3.05) is 6.54 Å². The van der Waals surface area contributed by atoms with Gasteiger partial charge >= 0.3 is 12.2 Å². The minimum absolute atomic E-state index is 0.0563. The van der Waals surface area contributed by atoms with E-state index >= 15 is 0 Å². The molecule has 1 N–H and O–H groups in total. The topological polar surface area (TPSA) is 59.8 Å². The van der Waals surface area contributed by atoms with Crippen LogP contribution in [-0.4, -0.2) is 27.6 Å². The average molecular weight is 349 g/mol. The maximum Gasteiger partial charge on any atom is 0.416 e. The van der Waals surface area contributed by atoms with E-state index in [0.717, 1.165) is 42.5 Å². The molecule has 0 saturated carbocycles. The molecular weight excluding hydrogens is 333 g/mol. The van der Waals surface area contributed by atoms with Crippen LogP contribution in [0.3, 0.4) is 0 Å². The molecule has 5 nitrogen and oxygen atoms in total. The van der Waals surface area contributed by atoms with Gasteiger partial charge in [-0.2, -0.15) is 17.9 Å². The van der Waals surface area contributed by atoms with Gasteiger partial charge in [-0.05, 0) is 18.6 Å². The fourth-order valence-electron chi connectivity index (χ4n) is 2.12. The van der Waals surface area contributed by atoms with Crippen molar-refractivity contribution in [3.8, 4) is 0 Å². The number of rotatable bonds is 5. The molecule has 2 rings (SSSR count). The van der Waals surface area contributed by atoms with Gasteiger partial charge in [0.2, 0.25) is 0 Å². The molecule has 0 aliphatic carbocycles. The third kappa shape index (κ3) is 4.13. The summed E-state index contributed by atoms with van der Waals surface area (Å²) < 4.78 is 39.3. The lowest BCUT2D eigenvalue weighted by atomic mass is 10.2. The second-order valence-corrected chi connectivity index (χ2v) is 5.52. The number of carbonyl (C=O) groups excluding carboxylic acids is 1. The van der Waals surface area contributed by atoms with Gasteiger partial charge in [0.05, 0.1) is 10.6 Å². The largest absolute Gasteiger partial charge is 0.416 e. The maximum atomic E-state index is 12.8. The number of nitrogens with one attached hydrogen (secondary N) is 1. The summed E-state index contributed by atoms with van der Waals surface area (Å²) in [6, 6.07) is 0.961. The van der Waals surface area contributed by atoms with Gasteiger partial charge in [0.25, 0.3) is 0 Å². The Kier molecular flexibility index (Phi) is 5.46. The van der Waals surface area contributed by atoms with Crippen molar-refractivity contribution in [1.82, 2.24) is 20.3 Å². The highest BCUT2D eigenvalue weighted by molar-refractivity contribution is 6.35. The smallest absolute Gasteiger partial charge is 0.336 e. The highest BCUT2D eigenvalue weighted by Crippen LogP contribution is 2.34. The standard InChI is InChI=1S/C14H16ClF3N4O/c1-2-3-4-5-6-19-13(23)22-11-8-9(14(16,17)18)7-10(15)12(11)20-21-22/h7-8H,2-6H2,1H3,(H,19,23). The van der Waals surface area contributed by atoms with Crippen molar-refractivity contribution < 1.29 is 18.0 Å². The molecule has 1 heterocycles. The first kappa shape index (κ1) is 17.5. The number of aromatic nitrogens is 3. The van der Waals surface area contributed by atoms with Gasteiger partial charge in [-0.1, -0.05) is 43.0 Å². The molecule has 9 heteroatoms. The Balaban J connectivity index is 2.21. The molecule has 2 aromatic rings. The number of halogens is 4. The minimum Gasteiger partial charge on any atom is -0.336 e. The molecule has 0 atom stereocenters. The lowest BCUT2D eigenvalue weighted by Gasteiger charge is -2.08. The minimum atomic E-state index is -4.57. The number of unbranched alkanes of at least 4 members (excludes halogenated alkanes) is 3. The van der Waals surface area contributed by atoms with E-state index in [1.807, 2.05) is 0 Å². The Labute approximate surface area is 135 Å². The molecule has 23 heavy (non-hydrogen) atoms. The zero-order valence-corrected chi connectivity index (χ0v) is 13.2. The van der Waals surface area contributed by atoms with E-state index in [4.69, 9.17) is 11.6 Å². The first-order valence-electron chi connectivity index (χ1n) is 7.25. The van der Waals surface area contributed by atoms with Gasteiger partial charge in [-0.25, -0.2) is 4.79 Å². The third-order valence-electron chi connectivity index (χ3n) is 3.33. The quantitative estimate of drug-likeness (QED) is 0.822. The average Bonchev–Trinajstić information content (AvgIpc) is 2.90. The third-order valence-corrected chi connectivity index (χ3v) is 3.62. The number of hydrogen-bond acceptors (Lipinski definition) is 3. The van der Waals surface area contributed by atoms with Gasteiger partial charge in [-0.3, -0.25) is 0 Å². The van der Waals surface area contributed by atoms with Crippen LogP contribution in [0.2, 0.25) is 5.02 Å². The Morgan fingerprint density at radius 1 is 1.30 bits per heavy atom. The lowest BCUT2D eigenvalue weighted by Crippen LogP contribution is -2.30. The predicted octanol–water partition coefficient (Wildman–Crippen LogP) is 4.24. The van der Waals surface area contributed by atoms with Crippen LogP contribution in [-0.2, 0) is 6.18 Å². The Morgan fingerprint density at radius 3 is 2.70 bits per heavy atom. The van der Waals surface area contributed by atoms with Crippen LogP contribution >= 0.6 is 11.6 Å². The normalized spacial score (nSPS) is 11.9. The molecule has 0 saturated heterocycles. The highest BCUT2D eigenvalue weighted by Gasteiger charge is 2.32. The van der Waals surface area contributed by atoms with E-state index in [0.29, 0.717) is 6.54 Å². The summed E-state index contributed by atoms with van der Waals surface area (Å²) >= 11 is 5.80. The molecule has 0 bridgehead atoms. The summed E-state index contributed by atoms with van der Waals surface area (Å²) in [5, 5.41) is 9.68. The van der Waals surface area contributed by atoms with Crippen LogP contribution in [0.15, 0.2) is 12.1 Å². The van der Waals surface area contributed by atoms with Crippen molar-refractivity contribution in [2.45, 2.75) is 38.8 Å². The molecule has 1 amide bonds. The first-order chi connectivity index (χ1) is 10.8. The van der Waals surface area contributed by atoms with E-state index < -0.39 is 17.8 Å². The molecule has 0 radical (unpaired) electrons. The van der Waals surface area contributed by atoms with Crippen molar-refractivity contribution in [2.24, 2.45) is 0 Å². The zero-order valence-electron chi connectivity index (χ0n) is 12.5. The van der Waals surface area contributed by atoms with Gasteiger partial charge in [0.1, 0.15) is 11.0 Å². The molecule has 0 aliphatic rings. The number of benzene rings is 1. The van der Waals surface area contributed by atoms with Crippen LogP contribution in [0.1, 0.15) is 38.2 Å². The summed E-state index contributed by atoms with van der Waals surface area (Å²) in [5.74, 6) is 0. The SMILES string of the molecule is CCCCCCNC(=O)n1nnc2c(Cl)cc(C(F)(F)F)cc21. The Morgan fingerprint density at radius 2 is 2.04 bits per heavy atom. The maximum absolute atomic E-state index is 12.8. The molecular formula is C14H16ClF3N4O. The molecule has 1 aromatic heterocycles. The van der Waals surface area contributed by atoms with E-state index in [1.54, 1.807) is 0 Å². The first-order valence-corrected chi connectivity index (χ1v) is 7.62. The van der Waals surface area contributed by atoms with Gasteiger partial charge < -0.3 is 5.32 Å². The molecule has 1 aromatic carbocycles. The predicted molar refractivity (Wildman–Crippen MR) is 80.5 cm³/mol. The van der Waals surface area contributed by atoms with Crippen LogP contribution in [0.5, 0.6) is 0 Å². The summed E-state index contributed by atoms with van der Waals surface area (Å²) in [5.41, 5.74) is -0.967. The zero-order chi connectivity index (χ0) is 17.0. The fraction of sp³-hybridized carbons (Fsp3) is 0.500. The Bertz CT molecular complexity index is 699. The van der Waals surface area contributed by atoms with Gasteiger partial charge in [0.15, 0.2) is 0 Å². The monoisotopic (exact) mass is 348 g/mol. The van der Waals surface area contributed by atoms with Gasteiger partial charge in [-0.15, -0.1) is 5.10 Å². The summed E-state index contributed by atoms with van der Waals surface area (Å²) in [7, 11) is 0. The number of hydrogen-bond donors (Lipinski definition) is 1. The summed E-state index contributed by atoms with van der Waals surface area (Å²) in [6.07, 6.45) is -0.670. The van der Waals surface area contributed by atoms with Gasteiger partial charge in [0, 0.05) is 6.54 Å². The number of amides is 1. The molecule has 0 spiro atoms. The number of nitrogens with zero attached hydrogens (tertiary/aromatic N) is 3. The Hall–Kier alpha value is -1.83. The number of alkyl halides is 3. The van der Waals surface area contributed by atoms with Crippen molar-refractivity contribution >= 4 is 28.7 Å². The van der Waals surface area contributed by atoms with Crippen LogP contribution < -0.4 is 5.32 Å². The van der Waals surface area contributed by atoms with Crippen molar-refractivity contribution in [1.29, 1.82) is 0 Å². The van der Waals surface area contributed by atoms with Crippen LogP contribution in [0.4, 0.5) is 18.0 Å². The molecule has 0 aliphatic heterocycles. The lowest BCUT2D eigenvalue weighted by molar-refractivity contribution is -0.137. The summed E-state index contributed by atoms with van der Waals surface area (Å²) in [6.45, 7) is 2.50. The molecule has 0 fully saturated rings. The molecule has 126 valence electrons. The van der Waals surface area contributed by atoms with E-state index in [-0.39, 0.29) is 16.1 Å². The summed E-state index contributed by atoms with van der Waals surface area (Å²) in [4.78, 5) is 12.0. The van der Waals surface area contributed by atoms with E-state index in [9.17, 15) is 18.0 Å². The van der Waals surface area contributed by atoms with Crippen molar-refractivity contribution in [3.63, 3.8) is 0 Å². The fourth-order valence-corrected chi connectivity index (χ4v) is 2.37. The van der Waals surface area contributed by atoms with Crippen LogP contribution in [0, 0.1) is 0 Å². The van der Waals surface area contributed by atoms with E-state index in [2.05, 4.69) is 22.6 Å². The second-order valence-electron chi connectivity index (χ2n) is 5.12. The van der Waals surface area contributed by atoms with E-state index in [1.165, 1.54) is 0 Å². The second kappa shape index (κ2) is 7.16. The van der Waals surface area contributed by atoms with Crippen molar-refractivity contribution in [3.05, 3.63) is 22.7 Å². The highest BCUT2D eigenvalue weighted by atomic mass is 35.5. The van der Waals surface area contributed by atoms with Crippen LogP contribution in [0.25, 0.3) is 11.0 Å². The number of carbonyl (C=O) groups is 1. The number of fused-ring (bicyclic) bond motifs is 1.